The minimum absolute atomic E-state index is 1.05. The van der Waals surface area contributed by atoms with E-state index in [2.05, 4.69) is 0 Å². The van der Waals surface area contributed by atoms with Gasteiger partial charge in [-0.25, -0.2) is 0 Å². The van der Waals surface area contributed by atoms with Crippen LogP contribution in [0.5, 0.6) is 0 Å². The molecule has 15 heavy (non-hydrogen) atoms. The van der Waals surface area contributed by atoms with Gasteiger partial charge in [-0.15, -0.1) is 0 Å². The molecule has 0 unspecified atom stereocenters. The number of hydrogen-bond acceptors (Lipinski definition) is 1. The Hall–Kier alpha value is -0.648. The van der Waals surface area contributed by atoms with E-state index in [1.54, 1.807) is 0 Å². The molecule has 0 amide bonds. The molecular formula is C12H12ClNPd. The molecule has 2 aromatic rings. The van der Waals surface area contributed by atoms with Crippen LogP contribution in [0.25, 0.3) is 0 Å². The van der Waals surface area contributed by atoms with Crippen LogP contribution in [-0.2, 0) is 14.8 Å². The van der Waals surface area contributed by atoms with Crippen molar-refractivity contribution in [1.82, 2.24) is 0 Å². The Morgan fingerprint density at radius 2 is 1.07 bits per heavy atom. The molecule has 0 saturated heterocycles. The molecule has 3 heteroatoms. The van der Waals surface area contributed by atoms with Crippen LogP contribution < -0.4 is 12.4 Å². The molecule has 0 aromatic heterocycles. The predicted molar refractivity (Wildman–Crippen MR) is 62.2 cm³/mol. The molecule has 0 aliphatic carbocycles. The second-order valence-electron chi connectivity index (χ2n) is 2.97. The Balaban J connectivity index is 2.44. The fourth-order valence-corrected chi connectivity index (χ4v) is 4.79. The molecule has 0 aliphatic rings. The van der Waals surface area contributed by atoms with Crippen molar-refractivity contribution >= 4 is 17.6 Å². The molecule has 0 radical (unpaired) electrons. The third-order valence-corrected chi connectivity index (χ3v) is 7.24. The maximum absolute atomic E-state index is 6.51. The van der Waals surface area contributed by atoms with Gasteiger partial charge in [-0.1, -0.05) is 0 Å². The molecule has 2 aromatic carbocycles. The Bertz CT molecular complexity index is 386. The third kappa shape index (κ3) is 2.30. The van der Waals surface area contributed by atoms with Gasteiger partial charge in [0.2, 0.25) is 0 Å². The van der Waals surface area contributed by atoms with E-state index < -0.39 is 14.8 Å². The fraction of sp³-hybridized carbons (Fsp3) is 0. The fourth-order valence-electron chi connectivity index (χ4n) is 1.22. The van der Waals surface area contributed by atoms with Crippen LogP contribution in [0.4, 0.5) is 0 Å². The van der Waals surface area contributed by atoms with Crippen molar-refractivity contribution < 1.29 is 14.8 Å². The SMILES string of the molecule is [NH2][Pd]([Cl])([c]1ccccc1)[c]1ccccc1. The van der Waals surface area contributed by atoms with Gasteiger partial charge in [0.05, 0.1) is 0 Å². The summed E-state index contributed by atoms with van der Waals surface area (Å²) in [6.07, 6.45) is 0. The first-order chi connectivity index (χ1) is 7.21. The molecule has 0 aliphatic heterocycles. The number of hydrogen-bond donors (Lipinski definition) is 1. The van der Waals surface area contributed by atoms with Crippen molar-refractivity contribution in [3.63, 3.8) is 0 Å². The summed E-state index contributed by atoms with van der Waals surface area (Å²) in [5.41, 5.74) is 0. The molecule has 0 bridgehead atoms. The van der Waals surface area contributed by atoms with E-state index in [0.29, 0.717) is 0 Å². The average Bonchev–Trinajstić information content (AvgIpc) is 2.31. The summed E-state index contributed by atoms with van der Waals surface area (Å²) in [6.45, 7) is 0. The van der Waals surface area contributed by atoms with Crippen LogP contribution in [0.3, 0.4) is 0 Å². The average molecular weight is 312 g/mol. The summed E-state index contributed by atoms with van der Waals surface area (Å²) in [5, 5.41) is 0. The molecule has 82 valence electrons. The topological polar surface area (TPSA) is 26.0 Å². The van der Waals surface area contributed by atoms with Crippen LogP contribution in [0, 0.1) is 0 Å². The van der Waals surface area contributed by atoms with Crippen molar-refractivity contribution in [1.29, 1.82) is 0 Å². The van der Waals surface area contributed by atoms with E-state index in [4.69, 9.17) is 13.9 Å². The first kappa shape index (κ1) is 10.9. The second kappa shape index (κ2) is 4.47. The summed E-state index contributed by atoms with van der Waals surface area (Å²) in [5.74, 6) is 0. The molecule has 2 rings (SSSR count). The van der Waals surface area contributed by atoms with Gasteiger partial charge in [0.1, 0.15) is 0 Å². The summed E-state index contributed by atoms with van der Waals surface area (Å²) >= 11 is -2.61. The van der Waals surface area contributed by atoms with Crippen LogP contribution in [-0.4, -0.2) is 0 Å². The molecular weight excluding hydrogens is 300 g/mol. The number of halogens is 1. The van der Waals surface area contributed by atoms with Crippen molar-refractivity contribution in [2.24, 2.45) is 4.37 Å². The van der Waals surface area contributed by atoms with Crippen LogP contribution >= 0.6 is 9.53 Å². The zero-order chi connectivity index (χ0) is 10.7. The first-order valence-electron chi connectivity index (χ1n) is 4.44. The van der Waals surface area contributed by atoms with E-state index in [0.717, 1.165) is 8.07 Å². The quantitative estimate of drug-likeness (QED) is 0.841. The first-order valence-corrected chi connectivity index (χ1v) is 8.89. The van der Waals surface area contributed by atoms with Gasteiger partial charge in [0.25, 0.3) is 0 Å². The molecule has 0 spiro atoms. The Labute approximate surface area is 97.2 Å². The van der Waals surface area contributed by atoms with Crippen molar-refractivity contribution in [2.45, 2.75) is 0 Å². The number of benzene rings is 2. The monoisotopic (exact) mass is 311 g/mol. The third-order valence-electron chi connectivity index (χ3n) is 1.96. The van der Waals surface area contributed by atoms with Crippen LogP contribution in [0.1, 0.15) is 0 Å². The summed E-state index contributed by atoms with van der Waals surface area (Å²) in [7, 11) is 6.51. The van der Waals surface area contributed by atoms with Gasteiger partial charge in [0.15, 0.2) is 0 Å². The zero-order valence-corrected chi connectivity index (χ0v) is 10.4. The van der Waals surface area contributed by atoms with Crippen LogP contribution in [0.15, 0.2) is 60.7 Å². The molecule has 0 fully saturated rings. The summed E-state index contributed by atoms with van der Waals surface area (Å²) < 4.78 is 8.38. The Morgan fingerprint density at radius 1 is 0.733 bits per heavy atom. The van der Waals surface area contributed by atoms with Gasteiger partial charge in [-0.3, -0.25) is 0 Å². The normalized spacial score (nSPS) is 12.4. The number of nitrogens with two attached hydrogens (primary N) is 1. The minimum atomic E-state index is -2.61. The van der Waals surface area contributed by atoms with Crippen molar-refractivity contribution in [3.05, 3.63) is 60.7 Å². The van der Waals surface area contributed by atoms with Crippen molar-refractivity contribution in [2.75, 3.05) is 0 Å². The van der Waals surface area contributed by atoms with Gasteiger partial charge in [0, 0.05) is 0 Å². The van der Waals surface area contributed by atoms with E-state index in [-0.39, 0.29) is 0 Å². The Morgan fingerprint density at radius 3 is 1.40 bits per heavy atom. The predicted octanol–water partition coefficient (Wildman–Crippen LogP) is 1.82. The summed E-state index contributed by atoms with van der Waals surface area (Å²) in [6, 6.07) is 19.8. The molecule has 1 nitrogen and oxygen atoms in total. The van der Waals surface area contributed by atoms with Gasteiger partial charge in [-0.05, 0) is 0 Å². The van der Waals surface area contributed by atoms with E-state index in [1.165, 1.54) is 0 Å². The Kier molecular flexibility index (Phi) is 3.23. The molecule has 0 saturated carbocycles. The van der Waals surface area contributed by atoms with Gasteiger partial charge >= 0.3 is 97.4 Å². The van der Waals surface area contributed by atoms with Crippen molar-refractivity contribution in [3.8, 4) is 0 Å². The van der Waals surface area contributed by atoms with Gasteiger partial charge < -0.3 is 0 Å². The summed E-state index contributed by atoms with van der Waals surface area (Å²) in [4.78, 5) is 0. The molecule has 2 N–H and O–H groups in total. The maximum atomic E-state index is 6.51. The number of rotatable bonds is 2. The molecule has 0 atom stereocenters. The molecule has 0 heterocycles. The van der Waals surface area contributed by atoms with E-state index in [9.17, 15) is 0 Å². The standard InChI is InChI=1S/2C6H5.ClH.H2N.Pd/c2*1-2-4-6-5-3-1;;;/h2*1-5H;1H;1H2;/q;;;-1;+2/p-1. The zero-order valence-electron chi connectivity index (χ0n) is 8.05. The second-order valence-corrected chi connectivity index (χ2v) is 9.21. The van der Waals surface area contributed by atoms with Crippen LogP contribution in [0.2, 0.25) is 0 Å². The van der Waals surface area contributed by atoms with E-state index >= 15 is 0 Å². The van der Waals surface area contributed by atoms with E-state index in [1.807, 2.05) is 60.7 Å². The van der Waals surface area contributed by atoms with Gasteiger partial charge in [-0.2, -0.15) is 0 Å².